The molecule has 0 spiro atoms. The molecule has 13 heavy (non-hydrogen) atoms. The van der Waals surface area contributed by atoms with Crippen molar-refractivity contribution in [2.45, 2.75) is 19.8 Å². The minimum Gasteiger partial charge on any atom is -0.481 e. The highest BCUT2D eigenvalue weighted by molar-refractivity contribution is 6.41. The molecule has 0 radical (unpaired) electrons. The van der Waals surface area contributed by atoms with Gasteiger partial charge in [0.25, 0.3) is 0 Å². The third-order valence-corrected chi connectivity index (χ3v) is 2.24. The molecule has 1 aliphatic rings. The van der Waals surface area contributed by atoms with Crippen LogP contribution in [0.15, 0.2) is 12.2 Å². The summed E-state index contributed by atoms with van der Waals surface area (Å²) in [6, 6.07) is 0. The van der Waals surface area contributed by atoms with Crippen molar-refractivity contribution in [2.75, 3.05) is 0 Å². The lowest BCUT2D eigenvalue weighted by Crippen LogP contribution is -2.24. The van der Waals surface area contributed by atoms with Gasteiger partial charge in [0.15, 0.2) is 0 Å². The van der Waals surface area contributed by atoms with Crippen molar-refractivity contribution in [2.24, 2.45) is 5.41 Å². The lowest BCUT2D eigenvalue weighted by molar-refractivity contribution is -0.145. The van der Waals surface area contributed by atoms with Gasteiger partial charge in [-0.05, 0) is 19.4 Å². The molecule has 0 aliphatic heterocycles. The van der Waals surface area contributed by atoms with Gasteiger partial charge in [0.2, 0.25) is 11.6 Å². The van der Waals surface area contributed by atoms with Crippen LogP contribution < -0.4 is 0 Å². The Bertz CT molecular complexity index is 303. The number of carbonyl (C=O) groups is 3. The van der Waals surface area contributed by atoms with Crippen LogP contribution in [0.3, 0.4) is 0 Å². The quantitative estimate of drug-likeness (QED) is 0.601. The zero-order valence-corrected chi connectivity index (χ0v) is 7.24. The lowest BCUT2D eigenvalue weighted by Gasteiger charge is -2.17. The summed E-state index contributed by atoms with van der Waals surface area (Å²) in [6.45, 7) is 1.50. The van der Waals surface area contributed by atoms with E-state index in [9.17, 15) is 14.4 Å². The normalized spacial score (nSPS) is 28.7. The summed E-state index contributed by atoms with van der Waals surface area (Å²) in [6.07, 6.45) is 2.55. The topological polar surface area (TPSA) is 71.4 Å². The molecule has 0 aromatic heterocycles. The summed E-state index contributed by atoms with van der Waals surface area (Å²) in [7, 11) is 0. The zero-order chi connectivity index (χ0) is 10.1. The van der Waals surface area contributed by atoms with E-state index in [4.69, 9.17) is 5.11 Å². The van der Waals surface area contributed by atoms with Gasteiger partial charge >= 0.3 is 5.97 Å². The molecule has 0 bridgehead atoms. The van der Waals surface area contributed by atoms with E-state index in [1.54, 1.807) is 0 Å². The number of rotatable bonds is 1. The molecular weight excluding hydrogens is 172 g/mol. The second-order valence-corrected chi connectivity index (χ2v) is 3.34. The molecule has 1 unspecified atom stereocenters. The first-order valence-electron chi connectivity index (χ1n) is 3.95. The number of carboxylic acid groups (broad SMARTS) is 1. The molecule has 4 heteroatoms. The molecule has 0 heterocycles. The van der Waals surface area contributed by atoms with E-state index in [-0.39, 0.29) is 12.8 Å². The Morgan fingerprint density at radius 1 is 1.54 bits per heavy atom. The van der Waals surface area contributed by atoms with Crippen LogP contribution in [0, 0.1) is 5.41 Å². The van der Waals surface area contributed by atoms with Gasteiger partial charge in [-0.15, -0.1) is 0 Å². The van der Waals surface area contributed by atoms with Crippen LogP contribution >= 0.6 is 0 Å². The standard InChI is InChI=1S/C9H10O4/c1-9(8(12)13)4-2-6(10)7(11)3-5-9/h2,4H,3,5H2,1H3,(H,12,13). The monoisotopic (exact) mass is 182 g/mol. The van der Waals surface area contributed by atoms with Crippen molar-refractivity contribution in [1.82, 2.24) is 0 Å². The predicted octanol–water partition coefficient (Wildman–Crippen LogP) is 0.565. The Hall–Kier alpha value is -1.45. The minimum atomic E-state index is -1.08. The number of Topliss-reactive ketones (excluding diaryl/α,β-unsaturated/α-hetero) is 1. The average molecular weight is 182 g/mol. The van der Waals surface area contributed by atoms with E-state index in [0.717, 1.165) is 6.08 Å². The van der Waals surface area contributed by atoms with Crippen LogP contribution in [0.1, 0.15) is 19.8 Å². The van der Waals surface area contributed by atoms with Crippen molar-refractivity contribution in [3.8, 4) is 0 Å². The van der Waals surface area contributed by atoms with E-state index in [1.807, 2.05) is 0 Å². The maximum Gasteiger partial charge on any atom is 0.313 e. The smallest absolute Gasteiger partial charge is 0.313 e. The summed E-state index contributed by atoms with van der Waals surface area (Å²) in [5, 5.41) is 8.82. The summed E-state index contributed by atoms with van der Waals surface area (Å²) in [5.74, 6) is -2.13. The molecule has 0 amide bonds. The number of hydrogen-bond donors (Lipinski definition) is 1. The van der Waals surface area contributed by atoms with E-state index in [0.29, 0.717) is 0 Å². The first kappa shape index (κ1) is 9.64. The van der Waals surface area contributed by atoms with Crippen molar-refractivity contribution in [3.05, 3.63) is 12.2 Å². The number of hydrogen-bond acceptors (Lipinski definition) is 3. The van der Waals surface area contributed by atoms with Crippen molar-refractivity contribution in [1.29, 1.82) is 0 Å². The van der Waals surface area contributed by atoms with Crippen LogP contribution in [-0.4, -0.2) is 22.6 Å². The Kier molecular flexibility index (Phi) is 2.32. The fourth-order valence-electron chi connectivity index (χ4n) is 1.11. The number of ketones is 2. The Balaban J connectivity index is 2.96. The molecular formula is C9H10O4. The Morgan fingerprint density at radius 2 is 2.15 bits per heavy atom. The van der Waals surface area contributed by atoms with Crippen molar-refractivity contribution >= 4 is 17.5 Å². The second-order valence-electron chi connectivity index (χ2n) is 3.34. The van der Waals surface area contributed by atoms with Crippen LogP contribution in [0.2, 0.25) is 0 Å². The molecule has 1 N–H and O–H groups in total. The van der Waals surface area contributed by atoms with Gasteiger partial charge in [-0.3, -0.25) is 14.4 Å². The van der Waals surface area contributed by atoms with Gasteiger partial charge < -0.3 is 5.11 Å². The molecule has 0 saturated carbocycles. The largest absolute Gasteiger partial charge is 0.481 e. The van der Waals surface area contributed by atoms with Crippen LogP contribution in [0.5, 0.6) is 0 Å². The molecule has 1 rings (SSSR count). The number of aliphatic carboxylic acids is 1. The molecule has 0 fully saturated rings. The van der Waals surface area contributed by atoms with Gasteiger partial charge in [-0.25, -0.2) is 0 Å². The highest BCUT2D eigenvalue weighted by Gasteiger charge is 2.33. The maximum absolute atomic E-state index is 10.9. The van der Waals surface area contributed by atoms with Crippen LogP contribution in [-0.2, 0) is 14.4 Å². The highest BCUT2D eigenvalue weighted by Crippen LogP contribution is 2.27. The summed E-state index contributed by atoms with van der Waals surface area (Å²) < 4.78 is 0. The average Bonchev–Trinajstić information content (AvgIpc) is 2.20. The summed E-state index contributed by atoms with van der Waals surface area (Å²) in [5.41, 5.74) is -1.08. The first-order valence-corrected chi connectivity index (χ1v) is 3.95. The number of carboxylic acids is 1. The Morgan fingerprint density at radius 3 is 2.69 bits per heavy atom. The molecule has 0 aromatic rings. The zero-order valence-electron chi connectivity index (χ0n) is 7.24. The second kappa shape index (κ2) is 3.12. The van der Waals surface area contributed by atoms with Gasteiger partial charge in [-0.1, -0.05) is 6.08 Å². The fourth-order valence-corrected chi connectivity index (χ4v) is 1.11. The van der Waals surface area contributed by atoms with Gasteiger partial charge in [0, 0.05) is 6.42 Å². The van der Waals surface area contributed by atoms with Gasteiger partial charge in [-0.2, -0.15) is 0 Å². The fraction of sp³-hybridized carbons (Fsp3) is 0.444. The minimum absolute atomic E-state index is 0.00856. The third-order valence-electron chi connectivity index (χ3n) is 2.24. The van der Waals surface area contributed by atoms with Crippen molar-refractivity contribution < 1.29 is 19.5 Å². The third kappa shape index (κ3) is 1.83. The maximum atomic E-state index is 10.9. The van der Waals surface area contributed by atoms with Crippen LogP contribution in [0.25, 0.3) is 0 Å². The predicted molar refractivity (Wildman–Crippen MR) is 44.1 cm³/mol. The Labute approximate surface area is 75.2 Å². The van der Waals surface area contributed by atoms with Gasteiger partial charge in [0.1, 0.15) is 0 Å². The van der Waals surface area contributed by atoms with E-state index >= 15 is 0 Å². The molecule has 1 aliphatic carbocycles. The number of allylic oxidation sites excluding steroid dienone is 1. The van der Waals surface area contributed by atoms with Crippen LogP contribution in [0.4, 0.5) is 0 Å². The summed E-state index contributed by atoms with van der Waals surface area (Å²) in [4.78, 5) is 32.6. The highest BCUT2D eigenvalue weighted by atomic mass is 16.4. The molecule has 4 nitrogen and oxygen atoms in total. The molecule has 0 aromatic carbocycles. The molecule has 1 atom stereocenters. The van der Waals surface area contributed by atoms with E-state index in [1.165, 1.54) is 13.0 Å². The van der Waals surface area contributed by atoms with Crippen molar-refractivity contribution in [3.63, 3.8) is 0 Å². The summed E-state index contributed by atoms with van der Waals surface area (Å²) >= 11 is 0. The number of carbonyl (C=O) groups excluding carboxylic acids is 2. The van der Waals surface area contributed by atoms with E-state index < -0.39 is 23.0 Å². The van der Waals surface area contributed by atoms with E-state index in [2.05, 4.69) is 0 Å². The first-order chi connectivity index (χ1) is 5.96. The lowest BCUT2D eigenvalue weighted by atomic mass is 9.86. The van der Waals surface area contributed by atoms with Gasteiger partial charge in [0.05, 0.1) is 5.41 Å². The molecule has 0 saturated heterocycles. The molecule has 70 valence electrons. The SMILES string of the molecule is CC1(C(=O)O)C=CC(=O)C(=O)CC1.